The van der Waals surface area contributed by atoms with Crippen molar-refractivity contribution in [3.05, 3.63) is 0 Å². The van der Waals surface area contributed by atoms with Crippen LogP contribution in [0.15, 0.2) is 0 Å². The molecule has 2 heteroatoms. The van der Waals surface area contributed by atoms with Crippen molar-refractivity contribution < 1.29 is 4.79 Å². The van der Waals surface area contributed by atoms with E-state index in [-0.39, 0.29) is 0 Å². The van der Waals surface area contributed by atoms with Crippen molar-refractivity contribution in [2.24, 2.45) is 0 Å². The number of piperidine rings is 1. The summed E-state index contributed by atoms with van der Waals surface area (Å²) in [5.74, 6) is 0. The van der Waals surface area contributed by atoms with E-state index in [1.165, 1.54) is 25.7 Å². The molecule has 2 bridgehead atoms. The molecule has 2 heterocycles. The average molecular weight is 125 g/mol. The van der Waals surface area contributed by atoms with Crippen molar-refractivity contribution in [2.75, 3.05) is 0 Å². The summed E-state index contributed by atoms with van der Waals surface area (Å²) in [4.78, 5) is 12.3. The minimum Gasteiger partial charge on any atom is -0.339 e. The van der Waals surface area contributed by atoms with Gasteiger partial charge in [0.15, 0.2) is 0 Å². The lowest BCUT2D eigenvalue weighted by molar-refractivity contribution is -0.134. The SMILES string of the molecule is O=CN1[C@@H]2CCC[C@H]1C2. The van der Waals surface area contributed by atoms with Crippen molar-refractivity contribution >= 4 is 6.41 Å². The maximum atomic E-state index is 10.3. The van der Waals surface area contributed by atoms with Crippen LogP contribution in [0.2, 0.25) is 0 Å². The van der Waals surface area contributed by atoms with Gasteiger partial charge in [-0.15, -0.1) is 0 Å². The highest BCUT2D eigenvalue weighted by atomic mass is 16.1. The van der Waals surface area contributed by atoms with E-state index < -0.39 is 0 Å². The van der Waals surface area contributed by atoms with E-state index >= 15 is 0 Å². The molecule has 0 radical (unpaired) electrons. The molecule has 0 aromatic carbocycles. The Hall–Kier alpha value is -0.530. The van der Waals surface area contributed by atoms with Gasteiger partial charge in [-0.05, 0) is 25.7 Å². The molecule has 0 N–H and O–H groups in total. The molecule has 1 aliphatic carbocycles. The average Bonchev–Trinajstić information content (AvgIpc) is 1.90. The monoisotopic (exact) mass is 125 g/mol. The van der Waals surface area contributed by atoms with Crippen LogP contribution in [0.3, 0.4) is 0 Å². The molecular weight excluding hydrogens is 114 g/mol. The standard InChI is InChI=1S/C7H11NO/c9-5-8-6-2-1-3-7(8)4-6/h5-7H,1-4H2/t6-,7+. The van der Waals surface area contributed by atoms with Crippen molar-refractivity contribution in [2.45, 2.75) is 37.8 Å². The van der Waals surface area contributed by atoms with Gasteiger partial charge in [-0.1, -0.05) is 0 Å². The number of amides is 1. The summed E-state index contributed by atoms with van der Waals surface area (Å²) in [6, 6.07) is 1.25. The van der Waals surface area contributed by atoms with E-state index in [2.05, 4.69) is 0 Å². The van der Waals surface area contributed by atoms with Gasteiger partial charge < -0.3 is 4.90 Å². The fraction of sp³-hybridized carbons (Fsp3) is 0.857. The number of carbonyl (C=O) groups is 1. The van der Waals surface area contributed by atoms with Crippen LogP contribution >= 0.6 is 0 Å². The van der Waals surface area contributed by atoms with Crippen molar-refractivity contribution in [3.8, 4) is 0 Å². The van der Waals surface area contributed by atoms with Crippen LogP contribution in [0, 0.1) is 0 Å². The summed E-state index contributed by atoms with van der Waals surface area (Å²) in [6.45, 7) is 0. The zero-order valence-electron chi connectivity index (χ0n) is 5.42. The van der Waals surface area contributed by atoms with Crippen LogP contribution in [0.5, 0.6) is 0 Å². The quantitative estimate of drug-likeness (QED) is 0.474. The minimum absolute atomic E-state index is 0.626. The Morgan fingerprint density at radius 2 is 2.00 bits per heavy atom. The van der Waals surface area contributed by atoms with E-state index in [1.807, 2.05) is 4.90 Å². The van der Waals surface area contributed by atoms with Crippen LogP contribution in [-0.2, 0) is 4.79 Å². The second-order valence-electron chi connectivity index (χ2n) is 3.03. The maximum absolute atomic E-state index is 10.3. The fourth-order valence-electron chi connectivity index (χ4n) is 2.01. The lowest BCUT2D eigenvalue weighted by atomic mass is 9.80. The molecular formula is C7H11NO. The number of nitrogens with zero attached hydrogens (tertiary/aromatic N) is 1. The first-order valence-corrected chi connectivity index (χ1v) is 3.64. The zero-order valence-corrected chi connectivity index (χ0v) is 5.42. The minimum atomic E-state index is 0.626. The van der Waals surface area contributed by atoms with Crippen molar-refractivity contribution in [1.82, 2.24) is 4.90 Å². The highest BCUT2D eigenvalue weighted by Crippen LogP contribution is 2.36. The van der Waals surface area contributed by atoms with Gasteiger partial charge in [-0.2, -0.15) is 0 Å². The van der Waals surface area contributed by atoms with Crippen molar-refractivity contribution in [1.29, 1.82) is 0 Å². The Morgan fingerprint density at radius 1 is 1.33 bits per heavy atom. The van der Waals surface area contributed by atoms with Crippen LogP contribution < -0.4 is 0 Å². The smallest absolute Gasteiger partial charge is 0.210 e. The number of carbonyl (C=O) groups excluding carboxylic acids is 1. The first-order valence-electron chi connectivity index (χ1n) is 3.64. The highest BCUT2D eigenvalue weighted by Gasteiger charge is 2.39. The summed E-state index contributed by atoms with van der Waals surface area (Å²) in [5.41, 5.74) is 0. The topological polar surface area (TPSA) is 20.3 Å². The van der Waals surface area contributed by atoms with Gasteiger partial charge in [0, 0.05) is 12.1 Å². The number of hydrogen-bond acceptors (Lipinski definition) is 1. The van der Waals surface area contributed by atoms with Gasteiger partial charge in [0.25, 0.3) is 0 Å². The van der Waals surface area contributed by atoms with Crippen LogP contribution in [0.25, 0.3) is 0 Å². The molecule has 2 atom stereocenters. The van der Waals surface area contributed by atoms with E-state index in [0.717, 1.165) is 6.41 Å². The summed E-state index contributed by atoms with van der Waals surface area (Å²) < 4.78 is 0. The molecule has 2 aliphatic heterocycles. The molecule has 9 heavy (non-hydrogen) atoms. The summed E-state index contributed by atoms with van der Waals surface area (Å²) in [6.07, 6.45) is 6.11. The zero-order chi connectivity index (χ0) is 6.27. The number of hydrogen-bond donors (Lipinski definition) is 0. The third-order valence-electron chi connectivity index (χ3n) is 2.58. The van der Waals surface area contributed by atoms with Crippen LogP contribution in [-0.4, -0.2) is 23.4 Å². The molecule has 2 saturated heterocycles. The molecule has 1 saturated carbocycles. The van der Waals surface area contributed by atoms with E-state index in [0.29, 0.717) is 12.1 Å². The Kier molecular flexibility index (Phi) is 1.01. The number of rotatable bonds is 1. The Balaban J connectivity index is 2.04. The fourth-order valence-corrected chi connectivity index (χ4v) is 2.01. The molecule has 0 spiro atoms. The van der Waals surface area contributed by atoms with E-state index in [1.54, 1.807) is 0 Å². The molecule has 2 nitrogen and oxygen atoms in total. The highest BCUT2D eigenvalue weighted by molar-refractivity contribution is 5.50. The molecule has 3 rings (SSSR count). The lowest BCUT2D eigenvalue weighted by Crippen LogP contribution is -2.57. The Bertz CT molecular complexity index is 121. The summed E-state index contributed by atoms with van der Waals surface area (Å²) in [5, 5.41) is 0. The second-order valence-corrected chi connectivity index (χ2v) is 3.03. The third-order valence-corrected chi connectivity index (χ3v) is 2.58. The largest absolute Gasteiger partial charge is 0.339 e. The van der Waals surface area contributed by atoms with Crippen LogP contribution in [0.1, 0.15) is 25.7 Å². The van der Waals surface area contributed by atoms with Crippen LogP contribution in [0.4, 0.5) is 0 Å². The molecule has 50 valence electrons. The van der Waals surface area contributed by atoms with Gasteiger partial charge in [0.2, 0.25) is 6.41 Å². The summed E-state index contributed by atoms with van der Waals surface area (Å²) >= 11 is 0. The van der Waals surface area contributed by atoms with Gasteiger partial charge in [0.05, 0.1) is 0 Å². The van der Waals surface area contributed by atoms with E-state index in [4.69, 9.17) is 0 Å². The number of fused-ring (bicyclic) bond motifs is 2. The third kappa shape index (κ3) is 0.590. The van der Waals surface area contributed by atoms with Gasteiger partial charge in [-0.3, -0.25) is 4.79 Å². The molecule has 0 aromatic rings. The first kappa shape index (κ1) is 5.27. The molecule has 0 aromatic heterocycles. The predicted octanol–water partition coefficient (Wildman–Crippen LogP) is 0.770. The maximum Gasteiger partial charge on any atom is 0.210 e. The van der Waals surface area contributed by atoms with Crippen molar-refractivity contribution in [3.63, 3.8) is 0 Å². The second kappa shape index (κ2) is 1.72. The molecule has 0 unspecified atom stereocenters. The van der Waals surface area contributed by atoms with Gasteiger partial charge in [0.1, 0.15) is 0 Å². The van der Waals surface area contributed by atoms with Gasteiger partial charge >= 0.3 is 0 Å². The normalized spacial score (nSPS) is 39.8. The first-order chi connectivity index (χ1) is 4.42. The summed E-state index contributed by atoms with van der Waals surface area (Å²) in [7, 11) is 0. The van der Waals surface area contributed by atoms with E-state index in [9.17, 15) is 4.79 Å². The molecule has 3 aliphatic rings. The lowest BCUT2D eigenvalue weighted by Gasteiger charge is -2.50. The van der Waals surface area contributed by atoms with Gasteiger partial charge in [-0.25, -0.2) is 0 Å². The predicted molar refractivity (Wildman–Crippen MR) is 33.9 cm³/mol. The Morgan fingerprint density at radius 3 is 2.33 bits per heavy atom. The Labute approximate surface area is 54.8 Å². The molecule has 3 fully saturated rings. The molecule has 1 amide bonds.